The minimum absolute atomic E-state index is 0.995. The van der Waals surface area contributed by atoms with Gasteiger partial charge in [-0.3, -0.25) is 0 Å². The van der Waals surface area contributed by atoms with E-state index in [1.165, 1.54) is 33.4 Å². The normalized spacial score (nSPS) is 14.1. The van der Waals surface area contributed by atoms with Crippen LogP contribution in [0.2, 0.25) is 0 Å². The molecular formula is C28H24N2. The van der Waals surface area contributed by atoms with Crippen molar-refractivity contribution in [1.82, 2.24) is 4.98 Å². The van der Waals surface area contributed by atoms with Gasteiger partial charge < -0.3 is 4.98 Å². The lowest BCUT2D eigenvalue weighted by Crippen LogP contribution is -2.00. The fraction of sp³-hybridized carbons (Fsp3) is 0.107. The van der Waals surface area contributed by atoms with Crippen molar-refractivity contribution >= 4 is 17.5 Å². The molecule has 0 aliphatic carbocycles. The molecule has 0 spiro atoms. The Balaban J connectivity index is 1.54. The third-order valence-corrected chi connectivity index (χ3v) is 5.83. The molecule has 0 amide bonds. The summed E-state index contributed by atoms with van der Waals surface area (Å²) in [6, 6.07) is 27.9. The Morgan fingerprint density at radius 2 is 1.43 bits per heavy atom. The second-order valence-corrected chi connectivity index (χ2v) is 8.03. The molecule has 0 bridgehead atoms. The van der Waals surface area contributed by atoms with Gasteiger partial charge in [0.1, 0.15) is 0 Å². The number of H-pyrrole nitrogens is 1. The summed E-state index contributed by atoms with van der Waals surface area (Å²) in [5.41, 5.74) is 12.8. The van der Waals surface area contributed by atoms with Crippen LogP contribution in [0.25, 0.3) is 23.0 Å². The highest BCUT2D eigenvalue weighted by Crippen LogP contribution is 2.33. The van der Waals surface area contributed by atoms with Gasteiger partial charge in [-0.15, -0.1) is 0 Å². The summed E-state index contributed by atoms with van der Waals surface area (Å²) in [5.74, 6) is 0. The molecule has 5 rings (SSSR count). The Labute approximate surface area is 177 Å². The number of rotatable bonds is 3. The number of fused-ring (bicyclic) bond motifs is 1. The van der Waals surface area contributed by atoms with Gasteiger partial charge in [0.2, 0.25) is 0 Å². The van der Waals surface area contributed by atoms with E-state index in [9.17, 15) is 0 Å². The van der Waals surface area contributed by atoms with Gasteiger partial charge in [-0.2, -0.15) is 0 Å². The van der Waals surface area contributed by atoms with E-state index in [1.807, 2.05) is 0 Å². The number of nitrogens with one attached hydrogen (secondary N) is 1. The maximum Gasteiger partial charge on any atom is 0.0788 e. The summed E-state index contributed by atoms with van der Waals surface area (Å²) in [4.78, 5) is 8.57. The average Bonchev–Trinajstić information content (AvgIpc) is 3.36. The van der Waals surface area contributed by atoms with Gasteiger partial charge in [-0.05, 0) is 61.7 Å². The average molecular weight is 389 g/mol. The largest absolute Gasteiger partial charge is 0.355 e. The molecule has 1 aromatic heterocycles. The molecule has 1 aliphatic rings. The molecule has 2 nitrogen and oxygen atoms in total. The van der Waals surface area contributed by atoms with E-state index in [2.05, 4.69) is 111 Å². The molecule has 4 aromatic rings. The highest BCUT2D eigenvalue weighted by atomic mass is 14.8. The molecule has 0 radical (unpaired) electrons. The summed E-state index contributed by atoms with van der Waals surface area (Å²) < 4.78 is 0. The monoisotopic (exact) mass is 388 g/mol. The SMILES string of the molecule is Cc1ccc(C2=NC(=Cc3ccc(-c4ccc(C)c(C)c4)[nH]3)c3ccccc32)cc1. The van der Waals surface area contributed by atoms with Crippen molar-refractivity contribution in [2.75, 3.05) is 0 Å². The van der Waals surface area contributed by atoms with Crippen molar-refractivity contribution in [3.05, 3.63) is 118 Å². The van der Waals surface area contributed by atoms with Gasteiger partial charge in [-0.1, -0.05) is 66.2 Å². The number of aromatic nitrogens is 1. The highest BCUT2D eigenvalue weighted by molar-refractivity contribution is 6.21. The lowest BCUT2D eigenvalue weighted by Gasteiger charge is -2.04. The molecule has 146 valence electrons. The van der Waals surface area contributed by atoms with Crippen LogP contribution in [0, 0.1) is 20.8 Å². The summed E-state index contributed by atoms with van der Waals surface area (Å²) in [5, 5.41) is 0. The second-order valence-electron chi connectivity index (χ2n) is 8.03. The molecule has 2 heterocycles. The van der Waals surface area contributed by atoms with Crippen LogP contribution in [-0.4, -0.2) is 10.7 Å². The number of hydrogen-bond acceptors (Lipinski definition) is 1. The Bertz CT molecular complexity index is 1300. The van der Waals surface area contributed by atoms with E-state index in [-0.39, 0.29) is 0 Å². The van der Waals surface area contributed by atoms with Crippen molar-refractivity contribution < 1.29 is 0 Å². The summed E-state index contributed by atoms with van der Waals surface area (Å²) in [7, 11) is 0. The molecule has 0 saturated carbocycles. The predicted molar refractivity (Wildman–Crippen MR) is 127 cm³/mol. The maximum absolute atomic E-state index is 5.02. The lowest BCUT2D eigenvalue weighted by atomic mass is 9.98. The summed E-state index contributed by atoms with van der Waals surface area (Å²) >= 11 is 0. The number of aromatic amines is 1. The van der Waals surface area contributed by atoms with E-state index >= 15 is 0 Å². The molecule has 0 unspecified atom stereocenters. The van der Waals surface area contributed by atoms with Crippen LogP contribution in [0.3, 0.4) is 0 Å². The Hall–Kier alpha value is -3.65. The molecule has 1 aliphatic heterocycles. The molecule has 1 N–H and O–H groups in total. The zero-order chi connectivity index (χ0) is 20.7. The topological polar surface area (TPSA) is 28.1 Å². The van der Waals surface area contributed by atoms with Crippen LogP contribution >= 0.6 is 0 Å². The fourth-order valence-corrected chi connectivity index (χ4v) is 3.92. The predicted octanol–water partition coefficient (Wildman–Crippen LogP) is 6.96. The van der Waals surface area contributed by atoms with Crippen molar-refractivity contribution in [2.24, 2.45) is 4.99 Å². The van der Waals surface area contributed by atoms with E-state index < -0.39 is 0 Å². The third kappa shape index (κ3) is 3.31. The van der Waals surface area contributed by atoms with Crippen LogP contribution in [0.1, 0.15) is 39.1 Å². The number of benzene rings is 3. The van der Waals surface area contributed by atoms with Crippen molar-refractivity contribution in [2.45, 2.75) is 20.8 Å². The van der Waals surface area contributed by atoms with Gasteiger partial charge in [-0.25, -0.2) is 4.99 Å². The van der Waals surface area contributed by atoms with Crippen LogP contribution in [0.4, 0.5) is 0 Å². The van der Waals surface area contributed by atoms with Crippen LogP contribution < -0.4 is 0 Å². The van der Waals surface area contributed by atoms with Gasteiger partial charge in [0, 0.05) is 28.1 Å². The Morgan fingerprint density at radius 3 is 2.20 bits per heavy atom. The highest BCUT2D eigenvalue weighted by Gasteiger charge is 2.21. The smallest absolute Gasteiger partial charge is 0.0788 e. The molecule has 2 heteroatoms. The van der Waals surface area contributed by atoms with Crippen LogP contribution in [-0.2, 0) is 0 Å². The van der Waals surface area contributed by atoms with Gasteiger partial charge in [0.05, 0.1) is 11.4 Å². The van der Waals surface area contributed by atoms with Gasteiger partial charge >= 0.3 is 0 Å². The van der Waals surface area contributed by atoms with Crippen LogP contribution in [0.15, 0.2) is 83.9 Å². The Kier molecular flexibility index (Phi) is 4.48. The van der Waals surface area contributed by atoms with Crippen molar-refractivity contribution in [1.29, 1.82) is 0 Å². The summed E-state index contributed by atoms with van der Waals surface area (Å²) in [6.45, 7) is 6.41. The summed E-state index contributed by atoms with van der Waals surface area (Å²) in [6.07, 6.45) is 2.14. The van der Waals surface area contributed by atoms with Crippen molar-refractivity contribution in [3.63, 3.8) is 0 Å². The molecule has 3 aromatic carbocycles. The molecule has 0 atom stereocenters. The van der Waals surface area contributed by atoms with E-state index in [4.69, 9.17) is 4.99 Å². The van der Waals surface area contributed by atoms with E-state index in [1.54, 1.807) is 0 Å². The van der Waals surface area contributed by atoms with E-state index in [0.29, 0.717) is 0 Å². The molecule has 0 saturated heterocycles. The molecule has 30 heavy (non-hydrogen) atoms. The lowest BCUT2D eigenvalue weighted by molar-refractivity contribution is 1.32. The first-order valence-electron chi connectivity index (χ1n) is 10.3. The van der Waals surface area contributed by atoms with Crippen LogP contribution in [0.5, 0.6) is 0 Å². The molecular weight excluding hydrogens is 364 g/mol. The number of hydrogen-bond donors (Lipinski definition) is 1. The number of aliphatic imine (C=N–C) groups is 1. The van der Waals surface area contributed by atoms with E-state index in [0.717, 1.165) is 28.4 Å². The number of nitrogens with zero attached hydrogens (tertiary/aromatic N) is 1. The fourth-order valence-electron chi connectivity index (χ4n) is 3.92. The minimum atomic E-state index is 0.995. The first-order valence-corrected chi connectivity index (χ1v) is 10.3. The van der Waals surface area contributed by atoms with Gasteiger partial charge in [0.15, 0.2) is 0 Å². The maximum atomic E-state index is 5.02. The standard InChI is InChI=1S/C28H24N2/c1-18-8-11-21(12-9-18)28-25-7-5-4-6-24(25)27(30-28)17-23-14-15-26(29-23)22-13-10-19(2)20(3)16-22/h4-17,29H,1-3H3. The zero-order valence-electron chi connectivity index (χ0n) is 17.5. The first-order chi connectivity index (χ1) is 14.6. The quantitative estimate of drug-likeness (QED) is 0.393. The molecule has 0 fully saturated rings. The Morgan fingerprint density at radius 1 is 0.700 bits per heavy atom. The third-order valence-electron chi connectivity index (χ3n) is 5.83. The second kappa shape index (κ2) is 7.31. The van der Waals surface area contributed by atoms with Crippen molar-refractivity contribution in [3.8, 4) is 11.3 Å². The zero-order valence-corrected chi connectivity index (χ0v) is 17.5. The number of aryl methyl sites for hydroxylation is 3. The first kappa shape index (κ1) is 18.4. The minimum Gasteiger partial charge on any atom is -0.355 e. The van der Waals surface area contributed by atoms with Gasteiger partial charge in [0.25, 0.3) is 0 Å².